The summed E-state index contributed by atoms with van der Waals surface area (Å²) < 4.78 is 10.6. The van der Waals surface area contributed by atoms with Crippen molar-refractivity contribution in [2.75, 3.05) is 13.1 Å². The highest BCUT2D eigenvalue weighted by Crippen LogP contribution is 2.32. The first-order valence-electron chi connectivity index (χ1n) is 7.71. The zero-order chi connectivity index (χ0) is 15.7. The lowest BCUT2D eigenvalue weighted by Crippen LogP contribution is -2.42. The Morgan fingerprint density at radius 2 is 2.00 bits per heavy atom. The second kappa shape index (κ2) is 6.08. The maximum atomic E-state index is 12.4. The standard InChI is InChI=1S/C15H21N3O4/c1-9-8-21-17-13(9)15(20)18-6-4-10(5-7-18)11-2-3-12(22-11)14(16)19/h8,10-12H,2-7H2,1H3,(H2,16,19)/t11-,12+/m0/s1. The predicted octanol–water partition coefficient (Wildman–Crippen LogP) is 0.868. The van der Waals surface area contributed by atoms with Gasteiger partial charge in [-0.2, -0.15) is 0 Å². The van der Waals surface area contributed by atoms with E-state index in [1.54, 1.807) is 0 Å². The number of hydrogen-bond acceptors (Lipinski definition) is 5. The fourth-order valence-corrected chi connectivity index (χ4v) is 3.34. The van der Waals surface area contributed by atoms with E-state index in [-0.39, 0.29) is 17.9 Å². The largest absolute Gasteiger partial charge is 0.367 e. The van der Waals surface area contributed by atoms with E-state index >= 15 is 0 Å². The SMILES string of the molecule is Cc1conc1C(=O)N1CCC([C@@H]2CC[C@H](C(N)=O)O2)CC1. The molecule has 1 aromatic heterocycles. The summed E-state index contributed by atoms with van der Waals surface area (Å²) in [6, 6.07) is 0. The summed E-state index contributed by atoms with van der Waals surface area (Å²) in [4.78, 5) is 25.3. The van der Waals surface area contributed by atoms with E-state index in [1.807, 2.05) is 11.8 Å². The Hall–Kier alpha value is -1.89. The molecule has 7 heteroatoms. The third-order valence-electron chi connectivity index (χ3n) is 4.67. The number of rotatable bonds is 3. The molecule has 0 bridgehead atoms. The number of ether oxygens (including phenoxy) is 1. The van der Waals surface area contributed by atoms with Crippen LogP contribution in [0.4, 0.5) is 0 Å². The molecule has 7 nitrogen and oxygen atoms in total. The summed E-state index contributed by atoms with van der Waals surface area (Å²) in [5.41, 5.74) is 6.44. The molecule has 3 heterocycles. The quantitative estimate of drug-likeness (QED) is 0.893. The minimum absolute atomic E-state index is 0.0768. The molecule has 0 saturated carbocycles. The number of carbonyl (C=O) groups excluding carboxylic acids is 2. The summed E-state index contributed by atoms with van der Waals surface area (Å²) in [5.74, 6) is -0.0736. The third-order valence-corrected chi connectivity index (χ3v) is 4.67. The summed E-state index contributed by atoms with van der Waals surface area (Å²) in [7, 11) is 0. The van der Waals surface area contributed by atoms with E-state index in [4.69, 9.17) is 15.0 Å². The highest BCUT2D eigenvalue weighted by Gasteiger charge is 2.36. The lowest BCUT2D eigenvalue weighted by atomic mass is 9.89. The van der Waals surface area contributed by atoms with Crippen molar-refractivity contribution in [3.05, 3.63) is 17.5 Å². The summed E-state index contributed by atoms with van der Waals surface area (Å²) in [6.45, 7) is 3.17. The molecule has 2 atom stereocenters. The molecule has 2 amide bonds. The van der Waals surface area contributed by atoms with Gasteiger partial charge in [0.1, 0.15) is 12.4 Å². The van der Waals surface area contributed by atoms with E-state index in [0.717, 1.165) is 24.8 Å². The van der Waals surface area contributed by atoms with Gasteiger partial charge >= 0.3 is 0 Å². The molecule has 22 heavy (non-hydrogen) atoms. The molecule has 1 aromatic rings. The lowest BCUT2D eigenvalue weighted by Gasteiger charge is -2.34. The Bertz CT molecular complexity index is 563. The van der Waals surface area contributed by atoms with Crippen LogP contribution in [-0.2, 0) is 9.53 Å². The average molecular weight is 307 g/mol. The van der Waals surface area contributed by atoms with E-state index < -0.39 is 6.10 Å². The van der Waals surface area contributed by atoms with Crippen LogP contribution < -0.4 is 5.73 Å². The smallest absolute Gasteiger partial charge is 0.276 e. The molecule has 0 aromatic carbocycles. The third kappa shape index (κ3) is 2.85. The Labute approximate surface area is 128 Å². The van der Waals surface area contributed by atoms with Gasteiger partial charge in [0.15, 0.2) is 5.69 Å². The van der Waals surface area contributed by atoms with Gasteiger partial charge in [0, 0.05) is 18.7 Å². The van der Waals surface area contributed by atoms with Gasteiger partial charge in [0.25, 0.3) is 5.91 Å². The van der Waals surface area contributed by atoms with Gasteiger partial charge in [-0.05, 0) is 38.5 Å². The zero-order valence-electron chi connectivity index (χ0n) is 12.7. The van der Waals surface area contributed by atoms with Gasteiger partial charge in [-0.25, -0.2) is 0 Å². The normalized spacial score (nSPS) is 26.3. The van der Waals surface area contributed by atoms with Gasteiger partial charge in [0.2, 0.25) is 5.91 Å². The topological polar surface area (TPSA) is 98.7 Å². The number of nitrogens with zero attached hydrogens (tertiary/aromatic N) is 2. The number of primary amides is 1. The van der Waals surface area contributed by atoms with Crippen molar-refractivity contribution in [3.63, 3.8) is 0 Å². The van der Waals surface area contributed by atoms with Crippen LogP contribution in [0, 0.1) is 12.8 Å². The number of likely N-dealkylation sites (tertiary alicyclic amines) is 1. The maximum Gasteiger partial charge on any atom is 0.276 e. The minimum Gasteiger partial charge on any atom is -0.367 e. The van der Waals surface area contributed by atoms with Crippen LogP contribution in [0.5, 0.6) is 0 Å². The molecule has 2 N–H and O–H groups in total. The monoisotopic (exact) mass is 307 g/mol. The Morgan fingerprint density at radius 3 is 2.55 bits per heavy atom. The predicted molar refractivity (Wildman–Crippen MR) is 77.0 cm³/mol. The van der Waals surface area contributed by atoms with Gasteiger partial charge in [-0.1, -0.05) is 5.16 Å². The molecule has 2 aliphatic rings. The Morgan fingerprint density at radius 1 is 1.27 bits per heavy atom. The number of carbonyl (C=O) groups is 2. The summed E-state index contributed by atoms with van der Waals surface area (Å²) >= 11 is 0. The minimum atomic E-state index is -0.442. The molecular weight excluding hydrogens is 286 g/mol. The number of nitrogens with two attached hydrogens (primary N) is 1. The van der Waals surface area contributed by atoms with Crippen LogP contribution in [0.25, 0.3) is 0 Å². The average Bonchev–Trinajstić information content (AvgIpc) is 3.15. The molecule has 0 spiro atoms. The highest BCUT2D eigenvalue weighted by atomic mass is 16.5. The first-order chi connectivity index (χ1) is 10.6. The first-order valence-corrected chi connectivity index (χ1v) is 7.71. The molecule has 0 aliphatic carbocycles. The van der Waals surface area contributed by atoms with Crippen LogP contribution in [-0.4, -0.2) is 47.2 Å². The molecule has 0 radical (unpaired) electrons. The van der Waals surface area contributed by atoms with Crippen LogP contribution in [0.1, 0.15) is 41.7 Å². The fraction of sp³-hybridized carbons (Fsp3) is 0.667. The van der Waals surface area contributed by atoms with Crippen LogP contribution in [0.15, 0.2) is 10.8 Å². The number of piperidine rings is 1. The maximum absolute atomic E-state index is 12.4. The highest BCUT2D eigenvalue weighted by molar-refractivity contribution is 5.93. The van der Waals surface area contributed by atoms with Crippen molar-refractivity contribution >= 4 is 11.8 Å². The molecule has 2 saturated heterocycles. The number of aryl methyl sites for hydroxylation is 1. The van der Waals surface area contributed by atoms with E-state index in [0.29, 0.717) is 31.1 Å². The van der Waals surface area contributed by atoms with E-state index in [9.17, 15) is 9.59 Å². The van der Waals surface area contributed by atoms with Gasteiger partial charge in [0.05, 0.1) is 6.10 Å². The number of amides is 2. The Kier molecular flexibility index (Phi) is 4.15. The number of aromatic nitrogens is 1. The molecule has 3 rings (SSSR count). The first kappa shape index (κ1) is 15.0. The van der Waals surface area contributed by atoms with Crippen molar-refractivity contribution in [1.82, 2.24) is 10.1 Å². The zero-order valence-corrected chi connectivity index (χ0v) is 12.7. The van der Waals surface area contributed by atoms with E-state index in [2.05, 4.69) is 5.16 Å². The molecular formula is C15H21N3O4. The second-order valence-corrected chi connectivity index (χ2v) is 6.12. The molecule has 0 unspecified atom stereocenters. The summed E-state index contributed by atoms with van der Waals surface area (Å²) in [5, 5.41) is 3.77. The molecule has 2 aliphatic heterocycles. The summed E-state index contributed by atoms with van der Waals surface area (Å²) in [6.07, 6.45) is 4.45. The van der Waals surface area contributed by atoms with Gasteiger partial charge in [-0.15, -0.1) is 0 Å². The Balaban J connectivity index is 1.54. The fourth-order valence-electron chi connectivity index (χ4n) is 3.34. The van der Waals surface area contributed by atoms with Crippen molar-refractivity contribution < 1.29 is 18.8 Å². The van der Waals surface area contributed by atoms with Crippen LogP contribution in [0.3, 0.4) is 0 Å². The van der Waals surface area contributed by atoms with Gasteiger partial charge < -0.3 is 19.9 Å². The van der Waals surface area contributed by atoms with Crippen LogP contribution >= 0.6 is 0 Å². The van der Waals surface area contributed by atoms with Crippen molar-refractivity contribution in [2.45, 2.75) is 44.8 Å². The van der Waals surface area contributed by atoms with Crippen molar-refractivity contribution in [3.8, 4) is 0 Å². The lowest BCUT2D eigenvalue weighted by molar-refractivity contribution is -0.130. The molecule has 2 fully saturated rings. The van der Waals surface area contributed by atoms with Crippen molar-refractivity contribution in [2.24, 2.45) is 11.7 Å². The molecule has 120 valence electrons. The van der Waals surface area contributed by atoms with Gasteiger partial charge in [-0.3, -0.25) is 9.59 Å². The van der Waals surface area contributed by atoms with E-state index in [1.165, 1.54) is 6.26 Å². The number of hydrogen-bond donors (Lipinski definition) is 1. The van der Waals surface area contributed by atoms with Crippen molar-refractivity contribution in [1.29, 1.82) is 0 Å². The van der Waals surface area contributed by atoms with Crippen LogP contribution in [0.2, 0.25) is 0 Å². The second-order valence-electron chi connectivity index (χ2n) is 6.12.